The first-order valence-electron chi connectivity index (χ1n) is 9.13. The molecule has 0 spiro atoms. The molecule has 3 aromatic rings. The number of carboxylic acid groups (broad SMARTS) is 1. The predicted octanol–water partition coefficient (Wildman–Crippen LogP) is 4.44. The lowest BCUT2D eigenvalue weighted by Crippen LogP contribution is -2.27. The molecular weight excluding hydrogens is 388 g/mol. The molecule has 1 fully saturated rings. The largest absolute Gasteiger partial charge is 0.478 e. The summed E-state index contributed by atoms with van der Waals surface area (Å²) in [5.41, 5.74) is 2.92. The zero-order valence-electron chi connectivity index (χ0n) is 15.7. The monoisotopic (exact) mass is 406 g/mol. The lowest BCUT2D eigenvalue weighted by Gasteiger charge is -2.06. The Morgan fingerprint density at radius 2 is 1.93 bits per heavy atom. The van der Waals surface area contributed by atoms with Crippen LogP contribution < -0.4 is 0 Å². The molecule has 0 bridgehead atoms. The van der Waals surface area contributed by atoms with Gasteiger partial charge >= 0.3 is 5.97 Å². The molecule has 1 aliphatic rings. The Labute approximate surface area is 171 Å². The highest BCUT2D eigenvalue weighted by atomic mass is 32.2. The minimum absolute atomic E-state index is 0.243. The molecule has 2 heterocycles. The molecule has 146 valence electrons. The van der Waals surface area contributed by atoms with Gasteiger partial charge in [0.05, 0.1) is 10.5 Å². The minimum Gasteiger partial charge on any atom is -0.478 e. The van der Waals surface area contributed by atoms with Crippen LogP contribution in [0.1, 0.15) is 28.4 Å². The van der Waals surface area contributed by atoms with Crippen molar-refractivity contribution in [2.45, 2.75) is 13.5 Å². The molecule has 2 amide bonds. The fourth-order valence-corrected chi connectivity index (χ4v) is 4.33. The molecular formula is C22H18N2O4S. The number of carbonyl (C=O) groups is 3. The molecule has 2 aromatic carbocycles. The van der Waals surface area contributed by atoms with Crippen molar-refractivity contribution in [3.05, 3.63) is 76.3 Å². The molecule has 1 saturated heterocycles. The maximum Gasteiger partial charge on any atom is 0.335 e. The Hall–Kier alpha value is -3.32. The number of imide groups is 1. The van der Waals surface area contributed by atoms with Crippen molar-refractivity contribution in [1.29, 1.82) is 0 Å². The van der Waals surface area contributed by atoms with E-state index in [1.807, 2.05) is 41.1 Å². The van der Waals surface area contributed by atoms with Gasteiger partial charge in [-0.25, -0.2) is 4.79 Å². The van der Waals surface area contributed by atoms with Crippen LogP contribution in [0.2, 0.25) is 0 Å². The summed E-state index contributed by atoms with van der Waals surface area (Å²) in [7, 11) is 0. The molecule has 0 atom stereocenters. The third-order valence-corrected chi connectivity index (χ3v) is 5.73. The van der Waals surface area contributed by atoms with Crippen LogP contribution in [-0.2, 0) is 11.3 Å². The van der Waals surface area contributed by atoms with E-state index in [4.69, 9.17) is 0 Å². The second-order valence-electron chi connectivity index (χ2n) is 6.66. The Balaban J connectivity index is 1.74. The van der Waals surface area contributed by atoms with Crippen molar-refractivity contribution in [3.63, 3.8) is 0 Å². The summed E-state index contributed by atoms with van der Waals surface area (Å²) in [5, 5.41) is 9.93. The maximum absolute atomic E-state index is 12.4. The van der Waals surface area contributed by atoms with Crippen LogP contribution in [0.15, 0.2) is 59.6 Å². The zero-order valence-corrected chi connectivity index (χ0v) is 16.5. The zero-order chi connectivity index (χ0) is 20.5. The van der Waals surface area contributed by atoms with Gasteiger partial charge in [-0.15, -0.1) is 0 Å². The smallest absolute Gasteiger partial charge is 0.335 e. The van der Waals surface area contributed by atoms with Gasteiger partial charge in [-0.1, -0.05) is 30.3 Å². The summed E-state index contributed by atoms with van der Waals surface area (Å²) in [6, 6.07) is 14.6. The maximum atomic E-state index is 12.4. The van der Waals surface area contributed by atoms with Gasteiger partial charge in [0.2, 0.25) is 0 Å². The average Bonchev–Trinajstić information content (AvgIpc) is 3.19. The van der Waals surface area contributed by atoms with Gasteiger partial charge in [0, 0.05) is 35.8 Å². The number of likely N-dealkylation sites (N-methyl/N-ethyl adjacent to an activating group) is 1. The van der Waals surface area contributed by atoms with Gasteiger partial charge in [-0.2, -0.15) is 0 Å². The first-order valence-corrected chi connectivity index (χ1v) is 9.95. The molecule has 1 aromatic heterocycles. The molecule has 0 radical (unpaired) electrons. The van der Waals surface area contributed by atoms with E-state index >= 15 is 0 Å². The van der Waals surface area contributed by atoms with Gasteiger partial charge in [0.25, 0.3) is 11.1 Å². The Kier molecular flexibility index (Phi) is 4.98. The summed E-state index contributed by atoms with van der Waals surface area (Å²) >= 11 is 0.952. The standard InChI is InChI=1S/C22H18N2O4S/c1-2-24-20(25)19(29-22(24)28)11-16-13-23(18-9-4-3-8-17(16)18)12-14-6-5-7-15(10-14)21(26)27/h3-11,13H,2,12H2,1H3,(H,26,27). The number of aromatic nitrogens is 1. The number of fused-ring (bicyclic) bond motifs is 1. The second-order valence-corrected chi connectivity index (χ2v) is 7.65. The summed E-state index contributed by atoms with van der Waals surface area (Å²) in [6.45, 7) is 2.62. The van der Waals surface area contributed by atoms with E-state index in [9.17, 15) is 19.5 Å². The van der Waals surface area contributed by atoms with Crippen LogP contribution in [0, 0.1) is 0 Å². The number of aromatic carboxylic acids is 1. The number of carbonyl (C=O) groups excluding carboxylic acids is 2. The van der Waals surface area contributed by atoms with Crippen molar-refractivity contribution >= 4 is 45.9 Å². The molecule has 1 N–H and O–H groups in total. The van der Waals surface area contributed by atoms with Crippen molar-refractivity contribution in [3.8, 4) is 0 Å². The van der Waals surface area contributed by atoms with Gasteiger partial charge in [0.15, 0.2) is 0 Å². The second kappa shape index (κ2) is 7.60. The van der Waals surface area contributed by atoms with Gasteiger partial charge in [-0.3, -0.25) is 14.5 Å². The van der Waals surface area contributed by atoms with Gasteiger partial charge < -0.3 is 9.67 Å². The molecule has 0 aliphatic carbocycles. The van der Waals surface area contributed by atoms with Crippen molar-refractivity contribution < 1.29 is 19.5 Å². The van der Waals surface area contributed by atoms with Crippen LogP contribution >= 0.6 is 11.8 Å². The normalized spacial score (nSPS) is 15.6. The van der Waals surface area contributed by atoms with Crippen LogP contribution in [0.25, 0.3) is 17.0 Å². The summed E-state index contributed by atoms with van der Waals surface area (Å²) in [6.07, 6.45) is 3.69. The highest BCUT2D eigenvalue weighted by molar-refractivity contribution is 8.18. The number of rotatable bonds is 5. The third kappa shape index (κ3) is 3.56. The number of nitrogens with zero attached hydrogens (tertiary/aromatic N) is 2. The first kappa shape index (κ1) is 19.0. The molecule has 4 rings (SSSR count). The number of para-hydroxylation sites is 1. The van der Waals surface area contributed by atoms with Gasteiger partial charge in [0.1, 0.15) is 0 Å². The molecule has 7 heteroatoms. The average molecular weight is 406 g/mol. The van der Waals surface area contributed by atoms with Gasteiger partial charge in [-0.05, 0) is 48.5 Å². The Bertz CT molecular complexity index is 1180. The quantitative estimate of drug-likeness (QED) is 0.634. The fraction of sp³-hybridized carbons (Fsp3) is 0.136. The summed E-state index contributed by atoms with van der Waals surface area (Å²) in [4.78, 5) is 37.3. The minimum atomic E-state index is -0.962. The molecule has 6 nitrogen and oxygen atoms in total. The third-order valence-electron chi connectivity index (χ3n) is 4.82. The number of benzene rings is 2. The van der Waals surface area contributed by atoms with Crippen molar-refractivity contribution in [2.75, 3.05) is 6.54 Å². The van der Waals surface area contributed by atoms with Crippen LogP contribution in [0.4, 0.5) is 4.79 Å². The highest BCUT2D eigenvalue weighted by Gasteiger charge is 2.33. The number of hydrogen-bond donors (Lipinski definition) is 1. The summed E-state index contributed by atoms with van der Waals surface area (Å²) in [5.74, 6) is -1.23. The van der Waals surface area contributed by atoms with E-state index in [1.165, 1.54) is 4.90 Å². The number of carboxylic acids is 1. The topological polar surface area (TPSA) is 79.6 Å². The van der Waals surface area contributed by atoms with E-state index in [0.717, 1.165) is 33.8 Å². The van der Waals surface area contributed by atoms with Crippen LogP contribution in [0.5, 0.6) is 0 Å². The van der Waals surface area contributed by atoms with Crippen LogP contribution in [0.3, 0.4) is 0 Å². The lowest BCUT2D eigenvalue weighted by molar-refractivity contribution is -0.122. The van der Waals surface area contributed by atoms with E-state index in [1.54, 1.807) is 31.2 Å². The van der Waals surface area contributed by atoms with Crippen molar-refractivity contribution in [1.82, 2.24) is 9.47 Å². The SMILES string of the molecule is CCN1C(=O)SC(=Cc2cn(Cc3cccc(C(=O)O)c3)c3ccccc23)C1=O. The first-order chi connectivity index (χ1) is 14.0. The summed E-state index contributed by atoms with van der Waals surface area (Å²) < 4.78 is 2.02. The fourth-order valence-electron chi connectivity index (χ4n) is 3.43. The number of amides is 2. The Morgan fingerprint density at radius 1 is 1.14 bits per heavy atom. The van der Waals surface area contributed by atoms with E-state index < -0.39 is 5.97 Å². The van der Waals surface area contributed by atoms with Crippen molar-refractivity contribution in [2.24, 2.45) is 0 Å². The predicted molar refractivity (Wildman–Crippen MR) is 113 cm³/mol. The van der Waals surface area contributed by atoms with E-state index in [2.05, 4.69) is 0 Å². The highest BCUT2D eigenvalue weighted by Crippen LogP contribution is 2.34. The van der Waals surface area contributed by atoms with E-state index in [-0.39, 0.29) is 16.7 Å². The molecule has 1 aliphatic heterocycles. The molecule has 0 unspecified atom stereocenters. The lowest BCUT2D eigenvalue weighted by atomic mass is 10.1. The van der Waals surface area contributed by atoms with E-state index in [0.29, 0.717) is 18.0 Å². The number of hydrogen-bond acceptors (Lipinski definition) is 4. The molecule has 0 saturated carbocycles. The molecule has 29 heavy (non-hydrogen) atoms. The Morgan fingerprint density at radius 3 is 2.66 bits per heavy atom. The van der Waals surface area contributed by atoms with Crippen LogP contribution in [-0.4, -0.2) is 38.2 Å². The number of thioether (sulfide) groups is 1.